The largest absolute Gasteiger partial charge is 0.486 e. The fraction of sp³-hybridized carbons (Fsp3) is 0.158. The van der Waals surface area contributed by atoms with Gasteiger partial charge in [0.2, 0.25) is 5.82 Å². The highest BCUT2D eigenvalue weighted by Crippen LogP contribution is 2.35. The number of benzene rings is 2. The van der Waals surface area contributed by atoms with Crippen LogP contribution in [0.5, 0.6) is 11.5 Å². The summed E-state index contributed by atoms with van der Waals surface area (Å²) in [5.41, 5.74) is -0.984. The third-order valence-corrected chi connectivity index (χ3v) is 4.34. The Labute approximate surface area is 160 Å². The van der Waals surface area contributed by atoms with E-state index in [1.807, 2.05) is 0 Å². The summed E-state index contributed by atoms with van der Waals surface area (Å²) in [5.74, 6) is -11.0. The van der Waals surface area contributed by atoms with Gasteiger partial charge in [-0.1, -0.05) is 6.07 Å². The zero-order valence-corrected chi connectivity index (χ0v) is 14.7. The summed E-state index contributed by atoms with van der Waals surface area (Å²) in [5, 5.41) is 3.84. The molecule has 0 fully saturated rings. The predicted molar refractivity (Wildman–Crippen MR) is 92.2 cm³/mol. The average Bonchev–Trinajstić information content (AvgIpc) is 2.99. The van der Waals surface area contributed by atoms with E-state index in [1.54, 1.807) is 18.2 Å². The minimum absolute atomic E-state index is 0.0360. The van der Waals surface area contributed by atoms with Crippen molar-refractivity contribution < 1.29 is 36.2 Å². The lowest BCUT2D eigenvalue weighted by atomic mass is 10.1. The van der Waals surface area contributed by atoms with Crippen LogP contribution in [0.15, 0.2) is 28.9 Å². The quantitative estimate of drug-likeness (QED) is 0.326. The molecule has 1 amide bonds. The number of hydrogen-bond acceptors (Lipinski definition) is 4. The van der Waals surface area contributed by atoms with Crippen LogP contribution in [-0.4, -0.2) is 24.8 Å². The molecule has 29 heavy (non-hydrogen) atoms. The number of amides is 1. The molecule has 2 aliphatic rings. The van der Waals surface area contributed by atoms with Gasteiger partial charge < -0.3 is 9.47 Å². The second-order valence-corrected chi connectivity index (χ2v) is 6.18. The molecule has 150 valence electrons. The van der Waals surface area contributed by atoms with E-state index >= 15 is 0 Å². The number of rotatable bonds is 2. The van der Waals surface area contributed by atoms with Gasteiger partial charge in [0, 0.05) is 0 Å². The van der Waals surface area contributed by atoms with Gasteiger partial charge in [0.25, 0.3) is 5.91 Å². The average molecular weight is 410 g/mol. The highest BCUT2D eigenvalue weighted by Gasteiger charge is 2.37. The molecular formula is C19H11F5N2O3. The first-order valence-corrected chi connectivity index (χ1v) is 8.32. The molecular weight excluding hydrogens is 399 g/mol. The lowest BCUT2D eigenvalue weighted by molar-refractivity contribution is -0.114. The van der Waals surface area contributed by atoms with Crippen molar-refractivity contribution >= 4 is 23.4 Å². The fourth-order valence-electron chi connectivity index (χ4n) is 2.93. The molecule has 5 nitrogen and oxygen atoms in total. The molecule has 2 aromatic carbocycles. The van der Waals surface area contributed by atoms with Crippen molar-refractivity contribution in [2.24, 2.45) is 5.10 Å². The van der Waals surface area contributed by atoms with Gasteiger partial charge in [0.05, 0.1) is 11.3 Å². The summed E-state index contributed by atoms with van der Waals surface area (Å²) in [4.78, 5) is 12.6. The zero-order valence-electron chi connectivity index (χ0n) is 14.7. The lowest BCUT2D eigenvalue weighted by Gasteiger charge is -2.18. The van der Waals surface area contributed by atoms with Gasteiger partial charge in [0.1, 0.15) is 18.9 Å². The molecule has 0 radical (unpaired) electrons. The topological polar surface area (TPSA) is 51.1 Å². The number of halogens is 5. The number of carbonyl (C=O) groups excluding carboxylic acids is 1. The van der Waals surface area contributed by atoms with Gasteiger partial charge in [-0.25, -0.2) is 22.0 Å². The van der Waals surface area contributed by atoms with Crippen molar-refractivity contribution in [3.8, 4) is 11.5 Å². The van der Waals surface area contributed by atoms with Gasteiger partial charge in [-0.3, -0.25) is 4.79 Å². The molecule has 0 saturated heterocycles. The Morgan fingerprint density at radius 2 is 1.52 bits per heavy atom. The molecule has 0 atom stereocenters. The molecule has 0 unspecified atom stereocenters. The normalized spacial score (nSPS) is 17.2. The number of ether oxygens (including phenoxy) is 2. The summed E-state index contributed by atoms with van der Waals surface area (Å²) in [7, 11) is 0. The van der Waals surface area contributed by atoms with E-state index in [0.29, 0.717) is 30.3 Å². The Hall–Kier alpha value is -3.43. The molecule has 0 aliphatic carbocycles. The van der Waals surface area contributed by atoms with Crippen molar-refractivity contribution in [3.63, 3.8) is 0 Å². The van der Waals surface area contributed by atoms with Crippen LogP contribution >= 0.6 is 0 Å². The third kappa shape index (κ3) is 3.00. The summed E-state index contributed by atoms with van der Waals surface area (Å²) in [6.45, 7) is 2.11. The number of nitrogens with zero attached hydrogens (tertiary/aromatic N) is 2. The number of hydrogen-bond donors (Lipinski definition) is 0. The summed E-state index contributed by atoms with van der Waals surface area (Å²) < 4.78 is 79.2. The molecule has 10 heteroatoms. The maximum atomic E-state index is 14.1. The minimum Gasteiger partial charge on any atom is -0.486 e. The van der Waals surface area contributed by atoms with Crippen molar-refractivity contribution in [1.82, 2.24) is 0 Å². The van der Waals surface area contributed by atoms with E-state index < -0.39 is 40.7 Å². The van der Waals surface area contributed by atoms with E-state index in [9.17, 15) is 26.7 Å². The Morgan fingerprint density at radius 1 is 0.931 bits per heavy atom. The van der Waals surface area contributed by atoms with Crippen molar-refractivity contribution in [2.45, 2.75) is 6.92 Å². The molecule has 2 aliphatic heterocycles. The van der Waals surface area contributed by atoms with Gasteiger partial charge in [0.15, 0.2) is 34.8 Å². The first-order chi connectivity index (χ1) is 13.8. The van der Waals surface area contributed by atoms with Crippen LogP contribution in [0.1, 0.15) is 12.5 Å². The second kappa shape index (κ2) is 6.87. The van der Waals surface area contributed by atoms with Crippen LogP contribution in [0.2, 0.25) is 0 Å². The predicted octanol–water partition coefficient (Wildman–Crippen LogP) is 3.96. The molecule has 2 heterocycles. The monoisotopic (exact) mass is 410 g/mol. The Kier molecular flexibility index (Phi) is 4.48. The summed E-state index contributed by atoms with van der Waals surface area (Å²) >= 11 is 0. The van der Waals surface area contributed by atoms with Crippen LogP contribution in [0.25, 0.3) is 6.08 Å². The summed E-state index contributed by atoms with van der Waals surface area (Å²) in [6.07, 6.45) is 1.37. The Bertz CT molecular complexity index is 1080. The molecule has 0 spiro atoms. The maximum absolute atomic E-state index is 14.1. The smallest absolute Gasteiger partial charge is 0.280 e. The van der Waals surface area contributed by atoms with E-state index in [1.165, 1.54) is 13.0 Å². The zero-order chi connectivity index (χ0) is 20.9. The van der Waals surface area contributed by atoms with Crippen molar-refractivity contribution in [3.05, 3.63) is 58.4 Å². The highest BCUT2D eigenvalue weighted by atomic mass is 19.2. The molecule has 0 saturated carbocycles. The molecule has 2 aromatic rings. The number of anilines is 1. The highest BCUT2D eigenvalue weighted by molar-refractivity contribution is 6.32. The Balaban J connectivity index is 1.74. The number of carbonyl (C=O) groups is 1. The third-order valence-electron chi connectivity index (χ3n) is 4.34. The first kappa shape index (κ1) is 18.9. The maximum Gasteiger partial charge on any atom is 0.280 e. The van der Waals surface area contributed by atoms with E-state index in [4.69, 9.17) is 9.47 Å². The molecule has 0 bridgehead atoms. The van der Waals surface area contributed by atoms with Gasteiger partial charge >= 0.3 is 0 Å². The van der Waals surface area contributed by atoms with Crippen LogP contribution in [-0.2, 0) is 4.79 Å². The number of hydrazone groups is 1. The second-order valence-electron chi connectivity index (χ2n) is 6.18. The molecule has 0 aromatic heterocycles. The lowest BCUT2D eigenvalue weighted by Crippen LogP contribution is -2.25. The molecule has 4 rings (SSSR count). The van der Waals surface area contributed by atoms with Gasteiger partial charge in [-0.15, -0.1) is 0 Å². The standard InChI is InChI=1S/C19H11F5N2O3/c1-8-10(6-9-2-3-11-12(7-9)29-5-4-28-11)19(27)26(25-8)18-16(23)14(21)13(20)15(22)17(18)24/h2-3,6-7H,4-5H2,1H3/b10-6-. The van der Waals surface area contributed by atoms with E-state index in [-0.39, 0.29) is 16.3 Å². The van der Waals surface area contributed by atoms with E-state index in [2.05, 4.69) is 5.10 Å². The first-order valence-electron chi connectivity index (χ1n) is 8.32. The van der Waals surface area contributed by atoms with Crippen LogP contribution in [0.4, 0.5) is 27.6 Å². The molecule has 0 N–H and O–H groups in total. The number of fused-ring (bicyclic) bond motifs is 1. The van der Waals surface area contributed by atoms with Crippen LogP contribution < -0.4 is 14.5 Å². The van der Waals surface area contributed by atoms with Gasteiger partial charge in [-0.2, -0.15) is 10.1 Å². The minimum atomic E-state index is -2.32. The Morgan fingerprint density at radius 3 is 2.17 bits per heavy atom. The van der Waals surface area contributed by atoms with Crippen molar-refractivity contribution in [1.29, 1.82) is 0 Å². The van der Waals surface area contributed by atoms with Crippen LogP contribution in [0, 0.1) is 29.1 Å². The van der Waals surface area contributed by atoms with Crippen LogP contribution in [0.3, 0.4) is 0 Å². The SMILES string of the molecule is CC1=NN(c2c(F)c(F)c(F)c(F)c2F)C(=O)/C1=C\c1ccc2c(c1)OCCO2. The fourth-order valence-corrected chi connectivity index (χ4v) is 2.93. The van der Waals surface area contributed by atoms with Gasteiger partial charge in [-0.05, 0) is 30.7 Å². The van der Waals surface area contributed by atoms with Crippen molar-refractivity contribution in [2.75, 3.05) is 18.2 Å². The van der Waals surface area contributed by atoms with E-state index in [0.717, 1.165) is 0 Å². The summed E-state index contributed by atoms with van der Waals surface area (Å²) in [6, 6.07) is 4.82.